The van der Waals surface area contributed by atoms with Gasteiger partial charge in [0.2, 0.25) is 0 Å². The smallest absolute Gasteiger partial charge is 0.330 e. The van der Waals surface area contributed by atoms with Crippen LogP contribution in [0.15, 0.2) is 50.6 Å². The van der Waals surface area contributed by atoms with Crippen molar-refractivity contribution in [3.63, 3.8) is 0 Å². The molecule has 23 heavy (non-hydrogen) atoms. The molecule has 0 bridgehead atoms. The van der Waals surface area contributed by atoms with Gasteiger partial charge in [0.1, 0.15) is 12.7 Å². The fourth-order valence-corrected chi connectivity index (χ4v) is 0.539. The molecule has 0 aromatic carbocycles. The first-order valence-corrected chi connectivity index (χ1v) is 5.97. The van der Waals surface area contributed by atoms with Crippen LogP contribution < -0.4 is 0 Å². The van der Waals surface area contributed by atoms with Crippen LogP contribution in [0.3, 0.4) is 0 Å². The van der Waals surface area contributed by atoms with E-state index >= 15 is 0 Å². The largest absolute Gasteiger partial charge is 0.478 e. The lowest BCUT2D eigenvalue weighted by Crippen LogP contribution is -2.20. The molecule has 0 aromatic rings. The Bertz CT molecular complexity index is 432. The molecule has 8 heteroatoms. The first-order chi connectivity index (χ1) is 10.6. The van der Waals surface area contributed by atoms with E-state index in [9.17, 15) is 19.2 Å². The third-order valence-corrected chi connectivity index (χ3v) is 1.46. The number of carboxylic acids is 2. The summed E-state index contributed by atoms with van der Waals surface area (Å²) in [6.07, 6.45) is 3.28. The summed E-state index contributed by atoms with van der Waals surface area (Å²) in [7, 11) is 0. The summed E-state index contributed by atoms with van der Waals surface area (Å²) in [6.45, 7) is 14.0. The van der Waals surface area contributed by atoms with Gasteiger partial charge >= 0.3 is 23.9 Å². The van der Waals surface area contributed by atoms with E-state index in [4.69, 9.17) is 14.9 Å². The van der Waals surface area contributed by atoms with Crippen molar-refractivity contribution in [3.05, 3.63) is 50.6 Å². The number of carboxylic acid groups (broad SMARTS) is 2. The fourth-order valence-electron chi connectivity index (χ4n) is 0.539. The topological polar surface area (TPSA) is 127 Å². The van der Waals surface area contributed by atoms with E-state index in [0.717, 1.165) is 24.3 Å². The molecule has 1 atom stereocenters. The predicted molar refractivity (Wildman–Crippen MR) is 82.6 cm³/mol. The molecule has 0 aliphatic heterocycles. The van der Waals surface area contributed by atoms with Gasteiger partial charge in [-0.05, 0) is 6.92 Å². The Hall–Kier alpha value is -3.16. The first-order valence-electron chi connectivity index (χ1n) is 5.97. The van der Waals surface area contributed by atoms with Gasteiger partial charge in [0.25, 0.3) is 0 Å². The van der Waals surface area contributed by atoms with Gasteiger partial charge in [-0.3, -0.25) is 0 Å². The number of carbonyl (C=O) groups is 4. The van der Waals surface area contributed by atoms with Gasteiger partial charge in [0.05, 0.1) is 0 Å². The highest BCUT2D eigenvalue weighted by molar-refractivity contribution is 5.82. The Morgan fingerprint density at radius 3 is 1.48 bits per heavy atom. The number of aliphatic carboxylic acids is 2. The lowest BCUT2D eigenvalue weighted by molar-refractivity contribution is -0.151. The van der Waals surface area contributed by atoms with Crippen LogP contribution in [0.5, 0.6) is 0 Å². The maximum absolute atomic E-state index is 10.6. The van der Waals surface area contributed by atoms with Crippen LogP contribution in [0.2, 0.25) is 0 Å². The molecule has 0 radical (unpaired) electrons. The first kappa shape index (κ1) is 24.8. The summed E-state index contributed by atoms with van der Waals surface area (Å²) in [4.78, 5) is 39.7. The highest BCUT2D eigenvalue weighted by Gasteiger charge is 2.07. The number of rotatable bonds is 7. The molecule has 1 unspecified atom stereocenters. The van der Waals surface area contributed by atoms with Crippen molar-refractivity contribution in [2.24, 2.45) is 0 Å². The summed E-state index contributed by atoms with van der Waals surface area (Å²) in [5, 5.41) is 15.2. The monoisotopic (exact) mass is 328 g/mol. The van der Waals surface area contributed by atoms with Crippen LogP contribution in [-0.2, 0) is 28.7 Å². The maximum Gasteiger partial charge on any atom is 0.330 e. The molecule has 0 spiro atoms. The lowest BCUT2D eigenvalue weighted by atomic mass is 10.4. The Morgan fingerprint density at radius 2 is 1.22 bits per heavy atom. The summed E-state index contributed by atoms with van der Waals surface area (Å²) >= 11 is 0. The number of hydrogen-bond acceptors (Lipinski definition) is 6. The summed E-state index contributed by atoms with van der Waals surface area (Å²) in [5.41, 5.74) is 0. The molecule has 0 heterocycles. The predicted octanol–water partition coefficient (Wildman–Crippen LogP) is 1.35. The van der Waals surface area contributed by atoms with E-state index in [-0.39, 0.29) is 6.61 Å². The molecule has 0 rings (SSSR count). The van der Waals surface area contributed by atoms with Crippen molar-refractivity contribution in [2.75, 3.05) is 6.61 Å². The van der Waals surface area contributed by atoms with E-state index < -0.39 is 30.0 Å². The maximum atomic E-state index is 10.6. The Morgan fingerprint density at radius 1 is 0.870 bits per heavy atom. The zero-order valence-corrected chi connectivity index (χ0v) is 12.8. The lowest BCUT2D eigenvalue weighted by Gasteiger charge is -2.10. The van der Waals surface area contributed by atoms with E-state index in [2.05, 4.69) is 31.1 Å². The summed E-state index contributed by atoms with van der Waals surface area (Å²) in [5.74, 6) is -3.04. The third-order valence-electron chi connectivity index (χ3n) is 1.46. The van der Waals surface area contributed by atoms with Crippen molar-refractivity contribution in [1.29, 1.82) is 0 Å². The molecule has 0 fully saturated rings. The summed E-state index contributed by atoms with van der Waals surface area (Å²) in [6, 6.07) is 0. The normalized spacial score (nSPS) is 9.09. The molecule has 0 aliphatic rings. The molecule has 0 saturated carbocycles. The third kappa shape index (κ3) is 27.9. The quantitative estimate of drug-likeness (QED) is 0.529. The van der Waals surface area contributed by atoms with Crippen LogP contribution >= 0.6 is 0 Å². The molecule has 0 aromatic heterocycles. The zero-order valence-electron chi connectivity index (χ0n) is 12.8. The van der Waals surface area contributed by atoms with Crippen LogP contribution in [0.1, 0.15) is 6.92 Å². The highest BCUT2D eigenvalue weighted by atomic mass is 16.6. The second-order valence-corrected chi connectivity index (χ2v) is 3.37. The van der Waals surface area contributed by atoms with E-state index in [0.29, 0.717) is 0 Å². The van der Waals surface area contributed by atoms with Crippen molar-refractivity contribution in [1.82, 2.24) is 0 Å². The van der Waals surface area contributed by atoms with E-state index in [1.54, 1.807) is 6.92 Å². The van der Waals surface area contributed by atoms with E-state index in [1.165, 1.54) is 0 Å². The van der Waals surface area contributed by atoms with Crippen LogP contribution in [0.25, 0.3) is 0 Å². The van der Waals surface area contributed by atoms with Gasteiger partial charge in [0.15, 0.2) is 0 Å². The van der Waals surface area contributed by atoms with Crippen molar-refractivity contribution in [2.45, 2.75) is 13.0 Å². The number of esters is 2. The second-order valence-electron chi connectivity index (χ2n) is 3.37. The number of hydrogen-bond donors (Lipinski definition) is 2. The second kappa shape index (κ2) is 16.9. The molecule has 128 valence electrons. The average molecular weight is 328 g/mol. The average Bonchev–Trinajstić information content (AvgIpc) is 2.53. The Kier molecular flexibility index (Phi) is 18.2. The molecule has 8 nitrogen and oxygen atoms in total. The van der Waals surface area contributed by atoms with E-state index in [1.807, 2.05) is 0 Å². The molecule has 0 aliphatic carbocycles. The van der Waals surface area contributed by atoms with Gasteiger partial charge < -0.3 is 19.7 Å². The molecular weight excluding hydrogens is 308 g/mol. The van der Waals surface area contributed by atoms with Gasteiger partial charge in [0, 0.05) is 24.3 Å². The van der Waals surface area contributed by atoms with Crippen LogP contribution in [0.4, 0.5) is 0 Å². The zero-order chi connectivity index (χ0) is 18.8. The van der Waals surface area contributed by atoms with Crippen molar-refractivity contribution < 1.29 is 38.9 Å². The minimum Gasteiger partial charge on any atom is -0.478 e. The summed E-state index contributed by atoms with van der Waals surface area (Å²) < 4.78 is 9.36. The molecule has 2 N–H and O–H groups in total. The Balaban J connectivity index is -0.000000329. The highest BCUT2D eigenvalue weighted by Crippen LogP contribution is 1.94. The van der Waals surface area contributed by atoms with Crippen molar-refractivity contribution >= 4 is 23.9 Å². The van der Waals surface area contributed by atoms with Crippen LogP contribution in [0, 0.1) is 0 Å². The fraction of sp³-hybridized carbons (Fsp3) is 0.200. The van der Waals surface area contributed by atoms with Gasteiger partial charge in [-0.1, -0.05) is 26.3 Å². The van der Waals surface area contributed by atoms with Crippen molar-refractivity contribution in [3.8, 4) is 0 Å². The number of carbonyl (C=O) groups excluding carboxylic acids is 2. The SMILES string of the molecule is C=CC(=O)O.C=CC(=O)O.C=CC(=O)OCC(C)OC(=O)C=C. The minimum atomic E-state index is -0.981. The van der Waals surface area contributed by atoms with Crippen LogP contribution in [-0.4, -0.2) is 46.8 Å². The molecule has 0 amide bonds. The van der Waals surface area contributed by atoms with Gasteiger partial charge in [-0.15, -0.1) is 0 Å². The molecular formula is C15H20O8. The standard InChI is InChI=1S/C9H12O4.2C3H4O2/c1-4-8(10)12-6-7(3)13-9(11)5-2;2*1-2-3(4)5/h4-5,7H,1-2,6H2,3H3;2*2H,1H2,(H,4,5). The molecule has 0 saturated heterocycles. The van der Waals surface area contributed by atoms with Gasteiger partial charge in [-0.2, -0.15) is 0 Å². The number of ether oxygens (including phenoxy) is 2. The minimum absolute atomic E-state index is 0.0183. The van der Waals surface area contributed by atoms with Gasteiger partial charge in [-0.25, -0.2) is 19.2 Å². The Labute approximate surface area is 134 Å².